The summed E-state index contributed by atoms with van der Waals surface area (Å²) in [7, 11) is 0. The van der Waals surface area contributed by atoms with E-state index in [2.05, 4.69) is 161 Å². The van der Waals surface area contributed by atoms with Crippen molar-refractivity contribution in [2.45, 2.75) is 373 Å². The molecule has 0 spiro atoms. The molecule has 4 aliphatic carbocycles. The minimum Gasteiger partial charge on any atom is -0.379 e. The average Bonchev–Trinajstić information content (AvgIpc) is 1.65. The first-order chi connectivity index (χ1) is 55.5. The molecule has 1 aromatic carbocycles. The van der Waals surface area contributed by atoms with Gasteiger partial charge in [0.25, 0.3) is 5.91 Å². The summed E-state index contributed by atoms with van der Waals surface area (Å²) in [4.78, 5) is 81.1. The largest absolute Gasteiger partial charge is 0.379 e. The van der Waals surface area contributed by atoms with Crippen LogP contribution in [0.25, 0.3) is 0 Å². The highest BCUT2D eigenvalue weighted by Crippen LogP contribution is 2.51. The van der Waals surface area contributed by atoms with Crippen molar-refractivity contribution < 1.29 is 43.0 Å². The number of morpholine rings is 2. The number of likely N-dealkylation sites (tertiary alicyclic amines) is 3. The molecule has 686 valence electrons. The van der Waals surface area contributed by atoms with Gasteiger partial charge in [-0.2, -0.15) is 0 Å². The van der Waals surface area contributed by atoms with Gasteiger partial charge in [-0.1, -0.05) is 212 Å². The molecule has 0 bridgehead atoms. The zero-order valence-electron chi connectivity index (χ0n) is 82.0. The number of carbonyl (C=O) groups excluding carboxylic acids is 6. The van der Waals surface area contributed by atoms with E-state index < -0.39 is 0 Å². The van der Waals surface area contributed by atoms with E-state index in [1.54, 1.807) is 6.92 Å². The van der Waals surface area contributed by atoms with Gasteiger partial charge in [0.2, 0.25) is 23.6 Å². The van der Waals surface area contributed by atoms with Gasteiger partial charge in [0.05, 0.1) is 32.5 Å². The lowest BCUT2D eigenvalue weighted by molar-refractivity contribution is -0.136. The van der Waals surface area contributed by atoms with Gasteiger partial charge in [-0.25, -0.2) is 0 Å². The van der Waals surface area contributed by atoms with Gasteiger partial charge in [-0.15, -0.1) is 0 Å². The van der Waals surface area contributed by atoms with Gasteiger partial charge in [-0.3, -0.25) is 33.7 Å². The lowest BCUT2D eigenvalue weighted by Gasteiger charge is -2.33. The molecule has 16 heteroatoms. The Morgan fingerprint density at radius 2 is 0.915 bits per heavy atom. The van der Waals surface area contributed by atoms with Crippen molar-refractivity contribution in [1.82, 2.24) is 34.7 Å². The number of hydrogen-bond donors (Lipinski definition) is 1. The van der Waals surface area contributed by atoms with Crippen LogP contribution in [0.5, 0.6) is 0 Å². The second kappa shape index (κ2) is 66.6. The number of ether oxygens (including phenoxy) is 3. The Balaban J connectivity index is 0.00000127. The number of nitrogens with one attached hydrogen (secondary N) is 1. The van der Waals surface area contributed by atoms with Crippen molar-refractivity contribution in [3.8, 4) is 0 Å². The van der Waals surface area contributed by atoms with Crippen LogP contribution >= 0.6 is 0 Å². The zero-order chi connectivity index (χ0) is 88.6. The Labute approximate surface area is 724 Å². The molecule has 16 nitrogen and oxygen atoms in total. The Kier molecular flexibility index (Phi) is 64.3. The van der Waals surface area contributed by atoms with E-state index in [9.17, 15) is 28.8 Å². The summed E-state index contributed by atoms with van der Waals surface area (Å²) >= 11 is 0. The molecule has 12 rings (SSSR count). The molecule has 1 N–H and O–H groups in total. The maximum atomic E-state index is 11.9. The van der Waals surface area contributed by atoms with Gasteiger partial charge >= 0.3 is 0 Å². The van der Waals surface area contributed by atoms with E-state index >= 15 is 0 Å². The van der Waals surface area contributed by atoms with Crippen LogP contribution in [0, 0.1) is 88.3 Å². The number of ketones is 1. The zero-order valence-corrected chi connectivity index (χ0v) is 82.0. The molecule has 7 heterocycles. The molecule has 11 aliphatic rings. The van der Waals surface area contributed by atoms with Gasteiger partial charge in [0, 0.05) is 134 Å². The summed E-state index contributed by atoms with van der Waals surface area (Å²) in [6.07, 6.45) is 30.6. The highest BCUT2D eigenvalue weighted by Gasteiger charge is 2.47. The molecular formula is C101H193N7O9. The van der Waals surface area contributed by atoms with Crippen molar-refractivity contribution >= 4 is 35.3 Å². The lowest BCUT2D eigenvalue weighted by atomic mass is 9.72. The number of amides is 5. The van der Waals surface area contributed by atoms with Crippen LogP contribution in [0.4, 0.5) is 0 Å². The van der Waals surface area contributed by atoms with E-state index in [0.29, 0.717) is 91.3 Å². The fourth-order valence-electron chi connectivity index (χ4n) is 16.2. The third-order valence-electron chi connectivity index (χ3n) is 23.0. The molecule has 3 unspecified atom stereocenters. The monoisotopic (exact) mass is 1650 g/mol. The Morgan fingerprint density at radius 1 is 0.462 bits per heavy atom. The topological polar surface area (TPSA) is 162 Å². The SMILES string of the molecule is CC.CC.CC.CC(=O)C1(CC(C)C)CC1.CC(C)CC(=O)N1CCC1.CC(C)CC(=O)N1CCCC1.CC(C)CC(=O)N1CCOCC1.CC(C)CC(=O)NC1CCC1.CC(C)CC1CC(C)C1.CC(C)CC1CCCCO1.CC(C)CCN1CC2CCCC2C1.CC(C)CCN1Cc2ccccc2C1=O.CC(C)CN1CCOCC1. The highest BCUT2D eigenvalue weighted by molar-refractivity contribution is 5.98. The van der Waals surface area contributed by atoms with Crippen LogP contribution in [-0.4, -0.2) is 195 Å². The molecule has 7 aliphatic heterocycles. The third-order valence-corrected chi connectivity index (χ3v) is 23.0. The fraction of sp³-hybridized carbons (Fsp3) is 0.881. The van der Waals surface area contributed by atoms with Crippen LogP contribution in [0.1, 0.15) is 370 Å². The molecule has 117 heavy (non-hydrogen) atoms. The molecule has 4 saturated carbocycles. The van der Waals surface area contributed by atoms with Crippen molar-refractivity contribution in [1.29, 1.82) is 0 Å². The summed E-state index contributed by atoms with van der Waals surface area (Å²) in [6, 6.07) is 8.40. The summed E-state index contributed by atoms with van der Waals surface area (Å²) in [5.74, 6) is 12.7. The van der Waals surface area contributed by atoms with E-state index in [-0.39, 0.29) is 23.1 Å². The fourth-order valence-corrected chi connectivity index (χ4v) is 16.2. The molecule has 0 radical (unpaired) electrons. The van der Waals surface area contributed by atoms with Crippen LogP contribution in [0.3, 0.4) is 0 Å². The van der Waals surface area contributed by atoms with Crippen molar-refractivity contribution in [3.63, 3.8) is 0 Å². The predicted octanol–water partition coefficient (Wildman–Crippen LogP) is 23.1. The van der Waals surface area contributed by atoms with Crippen LogP contribution in [0.2, 0.25) is 0 Å². The Morgan fingerprint density at radius 3 is 1.28 bits per heavy atom. The van der Waals surface area contributed by atoms with Crippen molar-refractivity contribution in [2.75, 3.05) is 118 Å². The summed E-state index contributed by atoms with van der Waals surface area (Å²) in [5.41, 5.74) is 2.20. The van der Waals surface area contributed by atoms with E-state index in [4.69, 9.17) is 14.2 Å². The van der Waals surface area contributed by atoms with Crippen molar-refractivity contribution in [2.24, 2.45) is 88.3 Å². The van der Waals surface area contributed by atoms with E-state index in [1.807, 2.05) is 85.4 Å². The van der Waals surface area contributed by atoms with Gasteiger partial charge in [0.1, 0.15) is 5.78 Å². The molecule has 1 aromatic rings. The predicted molar refractivity (Wildman–Crippen MR) is 498 cm³/mol. The second-order valence-corrected chi connectivity index (χ2v) is 39.3. The Hall–Kier alpha value is -3.96. The van der Waals surface area contributed by atoms with Crippen LogP contribution in [0.15, 0.2) is 24.3 Å². The maximum Gasteiger partial charge on any atom is 0.254 e. The molecule has 0 aromatic heterocycles. The highest BCUT2D eigenvalue weighted by atomic mass is 16.5. The summed E-state index contributed by atoms with van der Waals surface area (Å²) in [6.45, 7) is 78.9. The number of nitrogens with zero attached hydrogens (tertiary/aromatic N) is 6. The third kappa shape index (κ3) is 54.3. The first kappa shape index (κ1) is 113. The number of fused-ring (bicyclic) bond motifs is 2. The number of carbonyl (C=O) groups is 6. The molecule has 5 amide bonds. The quantitative estimate of drug-likeness (QED) is 0.105. The second-order valence-electron chi connectivity index (χ2n) is 39.3. The van der Waals surface area contributed by atoms with E-state index in [1.165, 1.54) is 141 Å². The van der Waals surface area contributed by atoms with E-state index in [0.717, 1.165) is 177 Å². The minimum absolute atomic E-state index is 0.133. The normalized spacial score (nSPS) is 21.3. The number of rotatable bonds is 24. The van der Waals surface area contributed by atoms with Crippen molar-refractivity contribution in [3.05, 3.63) is 35.4 Å². The standard InChI is InChI=1S/C13H17NO.C12H23N.C9H17NO2.2C9H17NO.C9H16O.C9H18O.C9H18.C8H17NO.C8H15NO.3C2H6/c1-10(2)7-8-14-9-11-5-3-4-6-12(11)13(14)15;1-10(2)6-7-13-8-11-4-3-5-12(11)9-13;1-8(2)7-9(11)10-3-5-12-6-4-10;1-7(2)6-9(11)10-8-4-3-5-8;1-8(2)7-9(11)10-5-3-4-6-10;1-7(2)6-9(4-5-9)8(3)10;1-8(2)7-9-5-3-4-6-10-9;1-7(2)4-9-5-8(3)6-9;1-8(2)7-9-3-5-10-6-4-9;1-7(2)6-8(10)9-4-3-5-9;3*1-2/h3-6,10H,7-9H2,1-2H3;10-12H,3-9H2,1-2H3;8H,3-7H2,1-2H3;7-8H,3-6H2,1-2H3,(H,10,11);8H,3-7H2,1-2H3;7H,4-6H2,1-3H3;8-9H,3-7H2,1-2H3;7-9H,4-6H2,1-3H3;8H,3-7H2,1-2H3;7H,3-6H2,1-2H3;3*1-2H3. The molecule has 6 saturated heterocycles. The Bertz CT molecular complexity index is 2600. The maximum absolute atomic E-state index is 11.9. The molecule has 10 fully saturated rings. The first-order valence-corrected chi connectivity index (χ1v) is 48.8. The summed E-state index contributed by atoms with van der Waals surface area (Å²) in [5, 5.41) is 3.01. The lowest BCUT2D eigenvalue weighted by Crippen LogP contribution is -2.42. The minimum atomic E-state index is 0.133. The van der Waals surface area contributed by atoms with Gasteiger partial charge in [0.15, 0.2) is 0 Å². The first-order valence-electron chi connectivity index (χ1n) is 48.8. The number of Topliss-reactive ketones (excluding diaryl/α,β-unsaturated/α-hetero) is 1. The molecular weight excluding hydrogens is 1460 g/mol. The number of benzene rings is 1. The summed E-state index contributed by atoms with van der Waals surface area (Å²) < 4.78 is 16.0. The van der Waals surface area contributed by atoms with Crippen LogP contribution in [-0.2, 0) is 44.7 Å². The van der Waals surface area contributed by atoms with Crippen LogP contribution < -0.4 is 5.32 Å². The number of hydrogen-bond acceptors (Lipinski definition) is 11. The van der Waals surface area contributed by atoms with Gasteiger partial charge < -0.3 is 44.0 Å². The smallest absolute Gasteiger partial charge is 0.254 e. The molecule has 3 atom stereocenters. The average molecular weight is 1650 g/mol. The van der Waals surface area contributed by atoms with Gasteiger partial charge in [-0.05, 0) is 236 Å².